The third kappa shape index (κ3) is 5.55. The van der Waals surface area contributed by atoms with Crippen molar-refractivity contribution in [1.82, 2.24) is 0 Å². The summed E-state index contributed by atoms with van der Waals surface area (Å²) in [5, 5.41) is 17.1. The molecule has 0 aliphatic rings. The summed E-state index contributed by atoms with van der Waals surface area (Å²) >= 11 is 0. The van der Waals surface area contributed by atoms with E-state index >= 15 is 0 Å². The normalized spacial score (nSPS) is 9.92. The Labute approximate surface area is 149 Å². The molecule has 4 nitrogen and oxygen atoms in total. The number of nitriles is 2. The predicted molar refractivity (Wildman–Crippen MR) is 96.6 cm³/mol. The molecule has 0 fully saturated rings. The first-order valence-electron chi connectivity index (χ1n) is 8.32. The van der Waals surface area contributed by atoms with Crippen LogP contribution in [0.2, 0.25) is 0 Å². The Hall–Kier alpha value is -2.98. The van der Waals surface area contributed by atoms with Crippen molar-refractivity contribution >= 4 is 0 Å². The van der Waals surface area contributed by atoms with Crippen LogP contribution in [-0.4, -0.2) is 13.2 Å². The number of benzene rings is 2. The second kappa shape index (κ2) is 9.35. The summed E-state index contributed by atoms with van der Waals surface area (Å²) in [6, 6.07) is 16.4. The topological polar surface area (TPSA) is 66.0 Å². The van der Waals surface area contributed by atoms with Crippen LogP contribution in [0.3, 0.4) is 0 Å². The van der Waals surface area contributed by atoms with E-state index in [2.05, 4.69) is 36.4 Å². The van der Waals surface area contributed by atoms with Crippen LogP contribution in [0.1, 0.15) is 35.1 Å². The molecule has 128 valence electrons. The van der Waals surface area contributed by atoms with Gasteiger partial charge in [0.2, 0.25) is 0 Å². The number of ether oxygens (including phenoxy) is 2. The van der Waals surface area contributed by atoms with Crippen LogP contribution in [0.5, 0.6) is 11.5 Å². The molecular weight excluding hydrogens is 312 g/mol. The Balaban J connectivity index is 2.02. The SMILES string of the molecule is Cc1cc(Cc2ccc(OCCC#N)c(C)c2)ccc1OCCC#N. The van der Waals surface area contributed by atoms with Crippen molar-refractivity contribution in [2.75, 3.05) is 13.2 Å². The molecule has 0 saturated carbocycles. The van der Waals surface area contributed by atoms with Crippen molar-refractivity contribution in [2.45, 2.75) is 33.1 Å². The van der Waals surface area contributed by atoms with Crippen LogP contribution >= 0.6 is 0 Å². The number of rotatable bonds is 8. The number of hydrogen-bond donors (Lipinski definition) is 0. The molecule has 0 bridgehead atoms. The highest BCUT2D eigenvalue weighted by Crippen LogP contribution is 2.24. The van der Waals surface area contributed by atoms with Crippen molar-refractivity contribution in [1.29, 1.82) is 10.5 Å². The predicted octanol–water partition coefficient (Wildman–Crippen LogP) is 4.48. The molecule has 0 spiro atoms. The third-order valence-corrected chi connectivity index (χ3v) is 3.83. The van der Waals surface area contributed by atoms with E-state index in [0.717, 1.165) is 29.0 Å². The zero-order valence-corrected chi connectivity index (χ0v) is 14.7. The lowest BCUT2D eigenvalue weighted by Gasteiger charge is -2.12. The van der Waals surface area contributed by atoms with Crippen LogP contribution in [0.15, 0.2) is 36.4 Å². The fourth-order valence-corrected chi connectivity index (χ4v) is 2.62. The highest BCUT2D eigenvalue weighted by atomic mass is 16.5. The molecule has 2 aromatic carbocycles. The van der Waals surface area contributed by atoms with E-state index in [4.69, 9.17) is 20.0 Å². The van der Waals surface area contributed by atoms with Gasteiger partial charge in [-0.25, -0.2) is 0 Å². The zero-order valence-electron chi connectivity index (χ0n) is 14.7. The van der Waals surface area contributed by atoms with Gasteiger partial charge in [0.05, 0.1) is 25.0 Å². The summed E-state index contributed by atoms with van der Waals surface area (Å²) in [4.78, 5) is 0. The van der Waals surface area contributed by atoms with Gasteiger partial charge >= 0.3 is 0 Å². The van der Waals surface area contributed by atoms with Gasteiger partial charge in [0, 0.05) is 0 Å². The Morgan fingerprint density at radius 1 is 0.760 bits per heavy atom. The average molecular weight is 334 g/mol. The molecule has 0 heterocycles. The van der Waals surface area contributed by atoms with E-state index in [0.29, 0.717) is 26.1 Å². The molecule has 0 aromatic heterocycles. The van der Waals surface area contributed by atoms with Crippen molar-refractivity contribution < 1.29 is 9.47 Å². The van der Waals surface area contributed by atoms with E-state index in [9.17, 15) is 0 Å². The van der Waals surface area contributed by atoms with Crippen LogP contribution in [0.4, 0.5) is 0 Å². The maximum absolute atomic E-state index is 8.57. The minimum atomic E-state index is 0.392. The van der Waals surface area contributed by atoms with Crippen molar-refractivity contribution in [2.24, 2.45) is 0 Å². The third-order valence-electron chi connectivity index (χ3n) is 3.83. The van der Waals surface area contributed by atoms with Gasteiger partial charge in [0.15, 0.2) is 0 Å². The summed E-state index contributed by atoms with van der Waals surface area (Å²) < 4.78 is 11.2. The summed E-state index contributed by atoms with van der Waals surface area (Å²) in [5.41, 5.74) is 4.57. The van der Waals surface area contributed by atoms with Crippen molar-refractivity contribution in [3.8, 4) is 23.6 Å². The highest BCUT2D eigenvalue weighted by molar-refractivity contribution is 5.41. The molecule has 0 radical (unpaired) electrons. The number of nitrogens with zero attached hydrogens (tertiary/aromatic N) is 2. The Kier molecular flexibility index (Phi) is 6.87. The Bertz CT molecular complexity index is 733. The van der Waals surface area contributed by atoms with Gasteiger partial charge in [-0.3, -0.25) is 0 Å². The van der Waals surface area contributed by atoms with Gasteiger partial charge in [-0.05, 0) is 54.7 Å². The molecular formula is C21H22N2O2. The van der Waals surface area contributed by atoms with E-state index in [1.54, 1.807) is 0 Å². The van der Waals surface area contributed by atoms with Gasteiger partial charge in [0.25, 0.3) is 0 Å². The van der Waals surface area contributed by atoms with Crippen molar-refractivity contribution in [3.63, 3.8) is 0 Å². The molecule has 0 N–H and O–H groups in total. The first kappa shape index (κ1) is 18.4. The van der Waals surface area contributed by atoms with Gasteiger partial charge in [0.1, 0.15) is 24.7 Å². The molecule has 0 aliphatic carbocycles. The molecule has 0 saturated heterocycles. The average Bonchev–Trinajstić information content (AvgIpc) is 2.59. The molecule has 0 unspecified atom stereocenters. The number of hydrogen-bond acceptors (Lipinski definition) is 4. The smallest absolute Gasteiger partial charge is 0.122 e. The lowest BCUT2D eigenvalue weighted by atomic mass is 10.0. The largest absolute Gasteiger partial charge is 0.492 e. The van der Waals surface area contributed by atoms with Crippen LogP contribution < -0.4 is 9.47 Å². The lowest BCUT2D eigenvalue weighted by molar-refractivity contribution is 0.324. The van der Waals surface area contributed by atoms with E-state index < -0.39 is 0 Å². The standard InChI is InChI=1S/C21H22N2O2/c1-16-13-18(5-7-20(16)24-11-3-9-22)15-19-6-8-21(17(2)14-19)25-12-4-10-23/h5-8,13-14H,3-4,11-12,15H2,1-2H3. The summed E-state index contributed by atoms with van der Waals surface area (Å²) in [5.74, 6) is 1.66. The van der Waals surface area contributed by atoms with Gasteiger partial charge in [-0.15, -0.1) is 0 Å². The van der Waals surface area contributed by atoms with Gasteiger partial charge < -0.3 is 9.47 Å². The van der Waals surface area contributed by atoms with Gasteiger partial charge in [-0.2, -0.15) is 10.5 Å². The molecule has 0 amide bonds. The first-order valence-corrected chi connectivity index (χ1v) is 8.32. The fourth-order valence-electron chi connectivity index (χ4n) is 2.62. The zero-order chi connectivity index (χ0) is 18.1. The van der Waals surface area contributed by atoms with E-state index in [1.807, 2.05) is 26.0 Å². The van der Waals surface area contributed by atoms with Gasteiger partial charge in [-0.1, -0.05) is 24.3 Å². The second-order valence-electron chi connectivity index (χ2n) is 5.89. The van der Waals surface area contributed by atoms with Crippen LogP contribution in [0, 0.1) is 36.5 Å². The molecule has 2 rings (SSSR count). The minimum Gasteiger partial charge on any atom is -0.492 e. The molecule has 0 atom stereocenters. The summed E-state index contributed by atoms with van der Waals surface area (Å²) in [7, 11) is 0. The Morgan fingerprint density at radius 3 is 1.56 bits per heavy atom. The summed E-state index contributed by atoms with van der Waals surface area (Å²) in [6.45, 7) is 4.87. The molecule has 2 aromatic rings. The molecule has 4 heteroatoms. The van der Waals surface area contributed by atoms with Crippen LogP contribution in [-0.2, 0) is 6.42 Å². The molecule has 25 heavy (non-hydrogen) atoms. The lowest BCUT2D eigenvalue weighted by Crippen LogP contribution is -2.00. The second-order valence-corrected chi connectivity index (χ2v) is 5.89. The maximum atomic E-state index is 8.57. The van der Waals surface area contributed by atoms with E-state index in [1.165, 1.54) is 11.1 Å². The highest BCUT2D eigenvalue weighted by Gasteiger charge is 2.05. The monoisotopic (exact) mass is 334 g/mol. The maximum Gasteiger partial charge on any atom is 0.122 e. The van der Waals surface area contributed by atoms with Crippen LogP contribution in [0.25, 0.3) is 0 Å². The Morgan fingerprint density at radius 2 is 1.20 bits per heavy atom. The van der Waals surface area contributed by atoms with E-state index in [-0.39, 0.29) is 0 Å². The fraction of sp³-hybridized carbons (Fsp3) is 0.333. The molecule has 0 aliphatic heterocycles. The number of aryl methyl sites for hydroxylation is 2. The quantitative estimate of drug-likeness (QED) is 0.668. The summed E-state index contributed by atoms with van der Waals surface area (Å²) in [6.07, 6.45) is 1.62. The minimum absolute atomic E-state index is 0.392. The van der Waals surface area contributed by atoms with Crippen molar-refractivity contribution in [3.05, 3.63) is 58.7 Å². The first-order chi connectivity index (χ1) is 12.1.